The van der Waals surface area contributed by atoms with Gasteiger partial charge in [0.2, 0.25) is 0 Å². The lowest BCUT2D eigenvalue weighted by Crippen LogP contribution is -2.65. The van der Waals surface area contributed by atoms with Crippen molar-refractivity contribution < 1.29 is 20.4 Å². The molecule has 4 N–H and O–H groups in total. The van der Waals surface area contributed by atoms with Gasteiger partial charge in [0.1, 0.15) is 0 Å². The van der Waals surface area contributed by atoms with E-state index in [1.165, 1.54) is 6.42 Å². The van der Waals surface area contributed by atoms with E-state index >= 15 is 0 Å². The second kappa shape index (κ2) is 5.36. The second-order valence-corrected chi connectivity index (χ2v) is 12.2. The van der Waals surface area contributed by atoms with E-state index in [4.69, 9.17) is 0 Å². The molecule has 158 valence electrons. The molecule has 6 fully saturated rings. The summed E-state index contributed by atoms with van der Waals surface area (Å²) in [6.07, 6.45) is 7.91. The number of aliphatic hydroxyl groups excluding tert-OH is 2. The molecule has 0 aliphatic heterocycles. The van der Waals surface area contributed by atoms with Gasteiger partial charge in [0, 0.05) is 13.0 Å². The monoisotopic (exact) mass is 390 g/mol. The van der Waals surface area contributed by atoms with E-state index in [2.05, 4.69) is 13.8 Å². The lowest BCUT2D eigenvalue weighted by Gasteiger charge is -2.64. The first kappa shape index (κ1) is 18.6. The van der Waals surface area contributed by atoms with Crippen LogP contribution in [0.25, 0.3) is 0 Å². The minimum Gasteiger partial charge on any atom is -0.396 e. The smallest absolute Gasteiger partial charge is 0.0759 e. The van der Waals surface area contributed by atoms with Crippen LogP contribution < -0.4 is 0 Å². The third kappa shape index (κ3) is 1.89. The highest BCUT2D eigenvalue weighted by Crippen LogP contribution is 2.82. The number of fused-ring (bicyclic) bond motifs is 10. The fraction of sp³-hybridized carbons (Fsp3) is 1.00. The van der Waals surface area contributed by atoms with Crippen molar-refractivity contribution in [1.29, 1.82) is 0 Å². The Balaban J connectivity index is 1.38. The average Bonchev–Trinajstić information content (AvgIpc) is 3.54. The van der Waals surface area contributed by atoms with Crippen LogP contribution in [-0.2, 0) is 0 Å². The van der Waals surface area contributed by atoms with E-state index in [-0.39, 0.29) is 23.5 Å². The zero-order valence-corrected chi connectivity index (χ0v) is 17.5. The van der Waals surface area contributed by atoms with E-state index in [1.54, 1.807) is 0 Å². The first-order chi connectivity index (χ1) is 13.2. The van der Waals surface area contributed by atoms with Crippen LogP contribution in [0.1, 0.15) is 71.6 Å². The molecule has 4 nitrogen and oxygen atoms in total. The predicted molar refractivity (Wildman–Crippen MR) is 105 cm³/mol. The Bertz CT molecular complexity index is 696. The van der Waals surface area contributed by atoms with Gasteiger partial charge in [-0.25, -0.2) is 0 Å². The maximum atomic E-state index is 11.9. The second-order valence-electron chi connectivity index (χ2n) is 12.2. The number of rotatable bonds is 3. The van der Waals surface area contributed by atoms with E-state index in [0.29, 0.717) is 54.3 Å². The summed E-state index contributed by atoms with van der Waals surface area (Å²) in [5, 5.41) is 43.4. The molecule has 0 amide bonds. The number of hydrogen-bond donors (Lipinski definition) is 4. The molecule has 0 radical (unpaired) electrons. The van der Waals surface area contributed by atoms with Crippen LogP contribution in [0.3, 0.4) is 0 Å². The van der Waals surface area contributed by atoms with Crippen molar-refractivity contribution in [2.24, 2.45) is 52.3 Å². The summed E-state index contributed by atoms with van der Waals surface area (Å²) >= 11 is 0. The summed E-state index contributed by atoms with van der Waals surface area (Å²) in [5.74, 6) is 3.82. The normalized spacial score (nSPS) is 66.2. The highest BCUT2D eigenvalue weighted by Gasteiger charge is 2.80. The molecule has 6 aliphatic carbocycles. The molecule has 0 aromatic carbocycles. The van der Waals surface area contributed by atoms with E-state index in [9.17, 15) is 20.4 Å². The zero-order valence-electron chi connectivity index (χ0n) is 17.5. The molecule has 0 heterocycles. The molecule has 0 saturated heterocycles. The van der Waals surface area contributed by atoms with Crippen LogP contribution in [0, 0.1) is 52.3 Å². The molecule has 0 aromatic rings. The zero-order chi connectivity index (χ0) is 19.7. The van der Waals surface area contributed by atoms with Gasteiger partial charge in [0.25, 0.3) is 0 Å². The van der Waals surface area contributed by atoms with Gasteiger partial charge in [0.05, 0.1) is 17.3 Å². The molecule has 0 aromatic heterocycles. The molecule has 0 spiro atoms. The molecule has 6 aliphatic rings. The molecular weight excluding hydrogens is 352 g/mol. The lowest BCUT2D eigenvalue weighted by molar-refractivity contribution is -0.237. The fourth-order valence-corrected chi connectivity index (χ4v) is 10.1. The highest BCUT2D eigenvalue weighted by molar-refractivity contribution is 5.29. The van der Waals surface area contributed by atoms with E-state index in [1.807, 2.05) is 0 Å². The van der Waals surface area contributed by atoms with Gasteiger partial charge in [-0.3, -0.25) is 0 Å². The molecule has 1 unspecified atom stereocenters. The Morgan fingerprint density at radius 1 is 0.893 bits per heavy atom. The number of hydrogen-bond acceptors (Lipinski definition) is 4. The Morgan fingerprint density at radius 2 is 1.61 bits per heavy atom. The van der Waals surface area contributed by atoms with Gasteiger partial charge >= 0.3 is 0 Å². The first-order valence-electron chi connectivity index (χ1n) is 11.9. The minimum absolute atomic E-state index is 0.0238. The van der Waals surface area contributed by atoms with Crippen molar-refractivity contribution >= 4 is 0 Å². The third-order valence-corrected chi connectivity index (χ3v) is 11.5. The molecule has 6 rings (SSSR count). The SMILES string of the molecule is C[C@]12CC[C@@H]3[C@@H]([C@H]4C[C@H]4[C@]4(O)C[C@@H](O)CC[C@]34C)[C@H]1[C@@H]1C[C@@H]1C2(O)CCCO. The molecule has 0 bridgehead atoms. The van der Waals surface area contributed by atoms with Gasteiger partial charge in [-0.2, -0.15) is 0 Å². The third-order valence-electron chi connectivity index (χ3n) is 11.5. The standard InChI is InChI=1S/C24H38O4/c1-21-7-4-13(26)12-24(21,28)17-10-14(17)19-16(21)5-8-22(2)20(19)15-11-18(15)23(22,27)6-3-9-25/h13-20,25-28H,3-12H2,1-2H3/t13-,14-,15+,16+,17+,18-,19+,20+,21+,22-,23?,24+/m0/s1. The van der Waals surface area contributed by atoms with Crippen LogP contribution in [-0.4, -0.2) is 44.3 Å². The summed E-state index contributed by atoms with van der Waals surface area (Å²) in [4.78, 5) is 0. The summed E-state index contributed by atoms with van der Waals surface area (Å²) in [7, 11) is 0. The van der Waals surface area contributed by atoms with Crippen molar-refractivity contribution in [1.82, 2.24) is 0 Å². The predicted octanol–water partition coefficient (Wildman–Crippen LogP) is 2.72. The Morgan fingerprint density at radius 3 is 2.36 bits per heavy atom. The van der Waals surface area contributed by atoms with Crippen LogP contribution in [0.2, 0.25) is 0 Å². The van der Waals surface area contributed by atoms with Crippen molar-refractivity contribution in [3.8, 4) is 0 Å². The van der Waals surface area contributed by atoms with Crippen LogP contribution in [0.4, 0.5) is 0 Å². The van der Waals surface area contributed by atoms with Gasteiger partial charge in [-0.15, -0.1) is 0 Å². The molecule has 28 heavy (non-hydrogen) atoms. The highest BCUT2D eigenvalue weighted by atomic mass is 16.3. The Kier molecular flexibility index (Phi) is 3.56. The topological polar surface area (TPSA) is 80.9 Å². The van der Waals surface area contributed by atoms with Crippen molar-refractivity contribution in [3.63, 3.8) is 0 Å². The van der Waals surface area contributed by atoms with Gasteiger partial charge in [0.15, 0.2) is 0 Å². The van der Waals surface area contributed by atoms with Gasteiger partial charge in [-0.1, -0.05) is 13.8 Å². The summed E-state index contributed by atoms with van der Waals surface area (Å²) < 4.78 is 0. The lowest BCUT2D eigenvalue weighted by atomic mass is 9.42. The summed E-state index contributed by atoms with van der Waals surface area (Å²) in [6, 6.07) is 0. The van der Waals surface area contributed by atoms with Crippen LogP contribution in [0.15, 0.2) is 0 Å². The maximum absolute atomic E-state index is 11.9. The molecule has 4 heteroatoms. The molecular formula is C24H38O4. The minimum atomic E-state index is -0.682. The Hall–Kier alpha value is -0.160. The average molecular weight is 391 g/mol. The Labute approximate surface area is 168 Å². The van der Waals surface area contributed by atoms with E-state index < -0.39 is 11.2 Å². The van der Waals surface area contributed by atoms with Crippen LogP contribution in [0.5, 0.6) is 0 Å². The maximum Gasteiger partial charge on any atom is 0.0759 e. The van der Waals surface area contributed by atoms with E-state index in [0.717, 1.165) is 38.5 Å². The first-order valence-corrected chi connectivity index (χ1v) is 11.9. The summed E-state index contributed by atoms with van der Waals surface area (Å²) in [5.41, 5.74) is -1.38. The molecule has 6 saturated carbocycles. The van der Waals surface area contributed by atoms with Crippen molar-refractivity contribution in [3.05, 3.63) is 0 Å². The van der Waals surface area contributed by atoms with Crippen molar-refractivity contribution in [2.45, 2.75) is 88.9 Å². The van der Waals surface area contributed by atoms with Crippen molar-refractivity contribution in [2.75, 3.05) is 6.61 Å². The quantitative estimate of drug-likeness (QED) is 0.597. The van der Waals surface area contributed by atoms with Gasteiger partial charge < -0.3 is 20.4 Å². The largest absolute Gasteiger partial charge is 0.396 e. The number of aliphatic hydroxyl groups is 4. The van der Waals surface area contributed by atoms with Gasteiger partial charge in [-0.05, 0) is 104 Å². The fourth-order valence-electron chi connectivity index (χ4n) is 10.1. The van der Waals surface area contributed by atoms with Crippen LogP contribution >= 0.6 is 0 Å². The molecule has 12 atom stereocenters. The summed E-state index contributed by atoms with van der Waals surface area (Å²) in [6.45, 7) is 4.87.